The standard InChI is InChI=1S/C22H27N5O4S/c1-5-13(3)23-18(28)11-32-22-24-19-14(4)25-27(6-2)20(19)21(29)26(22)10-15-7-8-16-17(9-15)31-12-30-16/h7-9,13H,5-6,10-12H2,1-4H3,(H,23,28). The molecule has 1 unspecified atom stereocenters. The number of carbonyl (C=O) groups is 1. The van der Waals surface area contributed by atoms with Gasteiger partial charge in [-0.15, -0.1) is 0 Å². The number of thioether (sulfide) groups is 1. The number of aryl methyl sites for hydroxylation is 2. The van der Waals surface area contributed by atoms with Crippen molar-refractivity contribution in [2.24, 2.45) is 0 Å². The molecule has 1 aliphatic heterocycles. The zero-order valence-corrected chi connectivity index (χ0v) is 19.5. The van der Waals surface area contributed by atoms with Crippen molar-refractivity contribution in [1.29, 1.82) is 0 Å². The second-order valence-corrected chi connectivity index (χ2v) is 8.68. The summed E-state index contributed by atoms with van der Waals surface area (Å²) in [4.78, 5) is 30.6. The van der Waals surface area contributed by atoms with Gasteiger partial charge in [0, 0.05) is 12.6 Å². The molecule has 3 heterocycles. The van der Waals surface area contributed by atoms with Crippen LogP contribution in [0.4, 0.5) is 0 Å². The van der Waals surface area contributed by atoms with Crippen molar-refractivity contribution in [2.45, 2.75) is 58.4 Å². The van der Waals surface area contributed by atoms with E-state index in [1.807, 2.05) is 45.9 Å². The van der Waals surface area contributed by atoms with E-state index >= 15 is 0 Å². The molecule has 1 atom stereocenters. The number of fused-ring (bicyclic) bond motifs is 2. The number of carbonyl (C=O) groups excluding carboxylic acids is 1. The first-order valence-electron chi connectivity index (χ1n) is 10.7. The van der Waals surface area contributed by atoms with Crippen LogP contribution in [0.15, 0.2) is 28.2 Å². The molecule has 1 amide bonds. The summed E-state index contributed by atoms with van der Waals surface area (Å²) in [5.41, 5.74) is 2.44. The number of aromatic nitrogens is 4. The number of amides is 1. The first kappa shape index (κ1) is 22.2. The third-order valence-electron chi connectivity index (χ3n) is 5.41. The summed E-state index contributed by atoms with van der Waals surface area (Å²) in [7, 11) is 0. The lowest BCUT2D eigenvalue weighted by Gasteiger charge is -2.14. The van der Waals surface area contributed by atoms with Crippen molar-refractivity contribution in [2.75, 3.05) is 12.5 Å². The van der Waals surface area contributed by atoms with Gasteiger partial charge in [-0.2, -0.15) is 5.10 Å². The van der Waals surface area contributed by atoms with Gasteiger partial charge in [-0.1, -0.05) is 24.8 Å². The van der Waals surface area contributed by atoms with Gasteiger partial charge in [0.15, 0.2) is 22.2 Å². The minimum absolute atomic E-state index is 0.0886. The van der Waals surface area contributed by atoms with Gasteiger partial charge in [0.05, 0.1) is 18.0 Å². The Morgan fingerprint density at radius 1 is 1.28 bits per heavy atom. The van der Waals surface area contributed by atoms with Crippen molar-refractivity contribution in [3.8, 4) is 11.5 Å². The van der Waals surface area contributed by atoms with Crippen molar-refractivity contribution in [3.05, 3.63) is 39.8 Å². The van der Waals surface area contributed by atoms with Crippen molar-refractivity contribution < 1.29 is 14.3 Å². The topological polar surface area (TPSA) is 100 Å². The summed E-state index contributed by atoms with van der Waals surface area (Å²) in [6, 6.07) is 5.70. The lowest BCUT2D eigenvalue weighted by molar-refractivity contribution is -0.119. The maximum Gasteiger partial charge on any atom is 0.280 e. The number of hydrogen-bond acceptors (Lipinski definition) is 7. The number of hydrogen-bond donors (Lipinski definition) is 1. The molecule has 4 rings (SSSR count). The molecule has 0 saturated carbocycles. The third kappa shape index (κ3) is 4.32. The fourth-order valence-corrected chi connectivity index (χ4v) is 4.34. The van der Waals surface area contributed by atoms with Crippen LogP contribution in [-0.2, 0) is 17.9 Å². The monoisotopic (exact) mass is 457 g/mol. The quantitative estimate of drug-likeness (QED) is 0.410. The SMILES string of the molecule is CCC(C)NC(=O)CSc1nc2c(C)nn(CC)c2c(=O)n1Cc1ccc2c(c1)OCO2. The highest BCUT2D eigenvalue weighted by Gasteiger charge is 2.20. The molecule has 1 N–H and O–H groups in total. The average Bonchev–Trinajstić information content (AvgIpc) is 3.38. The summed E-state index contributed by atoms with van der Waals surface area (Å²) in [5.74, 6) is 1.42. The summed E-state index contributed by atoms with van der Waals surface area (Å²) in [6.07, 6.45) is 0.852. The van der Waals surface area contributed by atoms with E-state index in [1.165, 1.54) is 11.8 Å². The molecule has 32 heavy (non-hydrogen) atoms. The van der Waals surface area contributed by atoms with Gasteiger partial charge in [0.1, 0.15) is 5.52 Å². The van der Waals surface area contributed by atoms with Gasteiger partial charge in [-0.25, -0.2) is 4.98 Å². The van der Waals surface area contributed by atoms with Gasteiger partial charge >= 0.3 is 0 Å². The van der Waals surface area contributed by atoms with E-state index in [0.29, 0.717) is 46.5 Å². The Labute approximate surface area is 190 Å². The Kier molecular flexibility index (Phi) is 6.40. The van der Waals surface area contributed by atoms with Crippen LogP contribution in [0.5, 0.6) is 11.5 Å². The first-order valence-corrected chi connectivity index (χ1v) is 11.7. The van der Waals surface area contributed by atoms with Gasteiger partial charge in [-0.05, 0) is 44.9 Å². The van der Waals surface area contributed by atoms with Crippen LogP contribution < -0.4 is 20.3 Å². The summed E-state index contributed by atoms with van der Waals surface area (Å²) in [5, 5.41) is 7.90. The Morgan fingerprint density at radius 3 is 2.81 bits per heavy atom. The third-order valence-corrected chi connectivity index (χ3v) is 6.39. The molecule has 3 aromatic rings. The van der Waals surface area contributed by atoms with Crippen molar-refractivity contribution in [3.63, 3.8) is 0 Å². The van der Waals surface area contributed by atoms with Crippen LogP contribution in [0.1, 0.15) is 38.4 Å². The molecule has 0 bridgehead atoms. The minimum Gasteiger partial charge on any atom is -0.454 e. The predicted octanol–water partition coefficient (Wildman–Crippen LogP) is 2.71. The number of benzene rings is 1. The minimum atomic E-state index is -0.181. The molecule has 10 heteroatoms. The molecule has 0 aliphatic carbocycles. The highest BCUT2D eigenvalue weighted by molar-refractivity contribution is 7.99. The fourth-order valence-electron chi connectivity index (χ4n) is 3.54. The van der Waals surface area contributed by atoms with Crippen molar-refractivity contribution in [1.82, 2.24) is 24.6 Å². The van der Waals surface area contributed by atoms with E-state index in [-0.39, 0.29) is 30.1 Å². The zero-order chi connectivity index (χ0) is 22.8. The lowest BCUT2D eigenvalue weighted by atomic mass is 10.2. The molecule has 2 aromatic heterocycles. The highest BCUT2D eigenvalue weighted by atomic mass is 32.2. The number of ether oxygens (including phenoxy) is 2. The summed E-state index contributed by atoms with van der Waals surface area (Å²) >= 11 is 1.25. The van der Waals surface area contributed by atoms with E-state index in [1.54, 1.807) is 9.25 Å². The van der Waals surface area contributed by atoms with Gasteiger partial charge < -0.3 is 14.8 Å². The van der Waals surface area contributed by atoms with Crippen LogP contribution in [0, 0.1) is 6.92 Å². The largest absolute Gasteiger partial charge is 0.454 e. The summed E-state index contributed by atoms with van der Waals surface area (Å²) < 4.78 is 14.1. The smallest absolute Gasteiger partial charge is 0.280 e. The number of nitrogens with one attached hydrogen (secondary N) is 1. The van der Waals surface area contributed by atoms with Gasteiger partial charge in [0.2, 0.25) is 12.7 Å². The van der Waals surface area contributed by atoms with Crippen LogP contribution in [-0.4, -0.2) is 43.8 Å². The molecule has 1 aliphatic rings. The number of rotatable bonds is 8. The highest BCUT2D eigenvalue weighted by Crippen LogP contribution is 2.33. The Balaban J connectivity index is 1.72. The van der Waals surface area contributed by atoms with Gasteiger partial charge in [-0.3, -0.25) is 18.8 Å². The molecule has 0 radical (unpaired) electrons. The first-order chi connectivity index (χ1) is 15.4. The van der Waals surface area contributed by atoms with E-state index in [4.69, 9.17) is 14.5 Å². The Morgan fingerprint density at radius 2 is 2.06 bits per heavy atom. The fraction of sp³-hybridized carbons (Fsp3) is 0.455. The van der Waals surface area contributed by atoms with E-state index in [0.717, 1.165) is 12.0 Å². The molecule has 1 aromatic carbocycles. The van der Waals surface area contributed by atoms with Gasteiger partial charge in [0.25, 0.3) is 5.56 Å². The Bertz CT molecular complexity index is 1220. The molecular weight excluding hydrogens is 430 g/mol. The second-order valence-electron chi connectivity index (χ2n) is 7.74. The molecule has 0 saturated heterocycles. The Hall–Kier alpha value is -3.01. The van der Waals surface area contributed by atoms with Crippen LogP contribution in [0.3, 0.4) is 0 Å². The van der Waals surface area contributed by atoms with Crippen LogP contribution in [0.25, 0.3) is 11.0 Å². The molecule has 0 spiro atoms. The summed E-state index contributed by atoms with van der Waals surface area (Å²) in [6.45, 7) is 8.81. The average molecular weight is 458 g/mol. The van der Waals surface area contributed by atoms with E-state index in [9.17, 15) is 9.59 Å². The predicted molar refractivity (Wildman–Crippen MR) is 122 cm³/mol. The molecular formula is C22H27N5O4S. The van der Waals surface area contributed by atoms with Crippen LogP contribution in [0.2, 0.25) is 0 Å². The van der Waals surface area contributed by atoms with E-state index < -0.39 is 0 Å². The van der Waals surface area contributed by atoms with Crippen molar-refractivity contribution >= 4 is 28.7 Å². The molecule has 0 fully saturated rings. The second kappa shape index (κ2) is 9.23. The lowest BCUT2D eigenvalue weighted by Crippen LogP contribution is -2.33. The maximum absolute atomic E-state index is 13.5. The number of nitrogens with zero attached hydrogens (tertiary/aromatic N) is 4. The normalized spacial score (nSPS) is 13.5. The van der Waals surface area contributed by atoms with E-state index in [2.05, 4.69) is 10.4 Å². The molecule has 9 nitrogen and oxygen atoms in total. The zero-order valence-electron chi connectivity index (χ0n) is 18.7. The molecule has 170 valence electrons. The maximum atomic E-state index is 13.5. The van der Waals surface area contributed by atoms with Crippen LogP contribution >= 0.6 is 11.8 Å².